The van der Waals surface area contributed by atoms with E-state index in [-0.39, 0.29) is 11.8 Å². The van der Waals surface area contributed by atoms with E-state index in [0.717, 1.165) is 6.54 Å². The summed E-state index contributed by atoms with van der Waals surface area (Å²) >= 11 is 12.0. The highest BCUT2D eigenvalue weighted by Gasteiger charge is 2.35. The summed E-state index contributed by atoms with van der Waals surface area (Å²) in [6, 6.07) is 5.50. The molecule has 0 spiro atoms. The lowest BCUT2D eigenvalue weighted by Gasteiger charge is -2.30. The van der Waals surface area contributed by atoms with Crippen LogP contribution in [0.1, 0.15) is 44.0 Å². The average molecular weight is 314 g/mol. The molecular weight excluding hydrogens is 293 g/mol. The van der Waals surface area contributed by atoms with Gasteiger partial charge in [0.2, 0.25) is 0 Å². The minimum atomic E-state index is -0.136. The van der Waals surface area contributed by atoms with Gasteiger partial charge in [-0.25, -0.2) is 0 Å². The van der Waals surface area contributed by atoms with E-state index in [1.807, 2.05) is 6.92 Å². The van der Waals surface area contributed by atoms with Crippen molar-refractivity contribution in [3.63, 3.8) is 0 Å². The molecule has 0 amide bonds. The van der Waals surface area contributed by atoms with E-state index >= 15 is 0 Å². The molecule has 0 aliphatic heterocycles. The number of carbonyl (C=O) groups is 1. The number of hydrogen-bond acceptors (Lipinski definition) is 2. The lowest BCUT2D eigenvalue weighted by molar-refractivity contribution is 0.0807. The van der Waals surface area contributed by atoms with Crippen LogP contribution in [0.25, 0.3) is 0 Å². The van der Waals surface area contributed by atoms with Crippen LogP contribution in [0, 0.1) is 5.92 Å². The molecular formula is C16H21Cl2NO. The van der Waals surface area contributed by atoms with E-state index in [2.05, 4.69) is 18.7 Å². The Morgan fingerprint density at radius 3 is 2.45 bits per heavy atom. The van der Waals surface area contributed by atoms with Crippen LogP contribution in [-0.2, 0) is 0 Å². The molecule has 0 radical (unpaired) electrons. The lowest BCUT2D eigenvalue weighted by atomic mass is 10.0. The maximum absolute atomic E-state index is 12.7. The van der Waals surface area contributed by atoms with Crippen LogP contribution in [0.3, 0.4) is 0 Å². The van der Waals surface area contributed by atoms with Crippen LogP contribution in [0.4, 0.5) is 0 Å². The third-order valence-corrected chi connectivity index (χ3v) is 4.21. The Kier molecular flexibility index (Phi) is 5.11. The van der Waals surface area contributed by atoms with E-state index in [9.17, 15) is 4.79 Å². The maximum Gasteiger partial charge on any atom is 0.181 e. The smallest absolute Gasteiger partial charge is 0.181 e. The van der Waals surface area contributed by atoms with Gasteiger partial charge in [-0.2, -0.15) is 0 Å². The SMILES string of the molecule is CC(C)CN(C1CC1)C(C)C(=O)c1ccc(Cl)cc1Cl. The fourth-order valence-corrected chi connectivity index (χ4v) is 3.02. The van der Waals surface area contributed by atoms with Gasteiger partial charge < -0.3 is 0 Å². The standard InChI is InChI=1S/C16H21Cl2NO/c1-10(2)9-19(13-5-6-13)11(3)16(20)14-7-4-12(17)8-15(14)18/h4,7-8,10-11,13H,5-6,9H2,1-3H3. The highest BCUT2D eigenvalue weighted by atomic mass is 35.5. The van der Waals surface area contributed by atoms with Crippen molar-refractivity contribution in [3.8, 4) is 0 Å². The molecule has 1 fully saturated rings. The zero-order valence-corrected chi connectivity index (χ0v) is 13.7. The Morgan fingerprint density at radius 1 is 1.30 bits per heavy atom. The second-order valence-electron chi connectivity index (χ2n) is 5.99. The number of rotatable bonds is 6. The fourth-order valence-electron chi connectivity index (χ4n) is 2.52. The Bertz CT molecular complexity index is 497. The van der Waals surface area contributed by atoms with E-state index in [0.29, 0.717) is 27.6 Å². The third kappa shape index (κ3) is 3.75. The molecule has 0 N–H and O–H groups in total. The van der Waals surface area contributed by atoms with E-state index in [4.69, 9.17) is 23.2 Å². The number of nitrogens with zero attached hydrogens (tertiary/aromatic N) is 1. The van der Waals surface area contributed by atoms with Crippen LogP contribution in [-0.4, -0.2) is 29.3 Å². The van der Waals surface area contributed by atoms with Crippen molar-refractivity contribution in [3.05, 3.63) is 33.8 Å². The van der Waals surface area contributed by atoms with Crippen molar-refractivity contribution in [1.82, 2.24) is 4.90 Å². The summed E-state index contributed by atoms with van der Waals surface area (Å²) in [6.45, 7) is 7.29. The van der Waals surface area contributed by atoms with Gasteiger partial charge in [-0.15, -0.1) is 0 Å². The summed E-state index contributed by atoms with van der Waals surface area (Å²) in [6.07, 6.45) is 2.39. The molecule has 4 heteroatoms. The van der Waals surface area contributed by atoms with Gasteiger partial charge in [-0.05, 0) is 43.9 Å². The van der Waals surface area contributed by atoms with Crippen molar-refractivity contribution in [2.24, 2.45) is 5.92 Å². The van der Waals surface area contributed by atoms with Gasteiger partial charge in [0.25, 0.3) is 0 Å². The predicted octanol–water partition coefficient (Wildman–Crippen LogP) is 4.69. The Balaban J connectivity index is 2.17. The summed E-state index contributed by atoms with van der Waals surface area (Å²) < 4.78 is 0. The second kappa shape index (κ2) is 6.46. The summed E-state index contributed by atoms with van der Waals surface area (Å²) in [4.78, 5) is 15.0. The number of halogens is 2. The number of benzene rings is 1. The topological polar surface area (TPSA) is 20.3 Å². The molecule has 0 bridgehead atoms. The molecule has 1 atom stereocenters. The van der Waals surface area contributed by atoms with Gasteiger partial charge in [0.1, 0.15) is 0 Å². The molecule has 20 heavy (non-hydrogen) atoms. The number of ketones is 1. The van der Waals surface area contributed by atoms with E-state index < -0.39 is 0 Å². The molecule has 110 valence electrons. The second-order valence-corrected chi connectivity index (χ2v) is 6.83. The minimum Gasteiger partial charge on any atom is -0.292 e. The molecule has 1 aliphatic carbocycles. The van der Waals surface area contributed by atoms with Gasteiger partial charge in [0.05, 0.1) is 11.1 Å². The molecule has 1 aromatic rings. The van der Waals surface area contributed by atoms with Crippen molar-refractivity contribution in [2.45, 2.75) is 45.7 Å². The van der Waals surface area contributed by atoms with Crippen molar-refractivity contribution >= 4 is 29.0 Å². The Morgan fingerprint density at radius 2 is 1.95 bits per heavy atom. The first-order chi connectivity index (χ1) is 9.40. The van der Waals surface area contributed by atoms with Crippen LogP contribution in [0.15, 0.2) is 18.2 Å². The van der Waals surface area contributed by atoms with Gasteiger partial charge in [0.15, 0.2) is 5.78 Å². The molecule has 0 heterocycles. The highest BCUT2D eigenvalue weighted by molar-refractivity contribution is 6.37. The van der Waals surface area contributed by atoms with Crippen LogP contribution < -0.4 is 0 Å². The third-order valence-electron chi connectivity index (χ3n) is 3.67. The normalized spacial score (nSPS) is 16.8. The van der Waals surface area contributed by atoms with Gasteiger partial charge in [-0.1, -0.05) is 37.0 Å². The average Bonchev–Trinajstić information content (AvgIpc) is 3.18. The quantitative estimate of drug-likeness (QED) is 0.710. The minimum absolute atomic E-state index is 0.0826. The molecule has 0 aromatic heterocycles. The number of carbonyl (C=O) groups excluding carboxylic acids is 1. The summed E-state index contributed by atoms with van der Waals surface area (Å²) in [5, 5.41) is 0.995. The Labute approximate surface area is 131 Å². The highest BCUT2D eigenvalue weighted by Crippen LogP contribution is 2.31. The predicted molar refractivity (Wildman–Crippen MR) is 84.8 cm³/mol. The molecule has 1 saturated carbocycles. The van der Waals surface area contributed by atoms with Gasteiger partial charge in [-0.3, -0.25) is 9.69 Å². The monoisotopic (exact) mass is 313 g/mol. The van der Waals surface area contributed by atoms with Crippen LogP contribution in [0.5, 0.6) is 0 Å². The van der Waals surface area contributed by atoms with Crippen molar-refractivity contribution < 1.29 is 4.79 Å². The molecule has 2 nitrogen and oxygen atoms in total. The lowest BCUT2D eigenvalue weighted by Crippen LogP contribution is -2.42. The molecule has 1 aliphatic rings. The van der Waals surface area contributed by atoms with Crippen LogP contribution >= 0.6 is 23.2 Å². The Hall–Kier alpha value is -0.570. The molecule has 1 aromatic carbocycles. The summed E-state index contributed by atoms with van der Waals surface area (Å²) in [5.41, 5.74) is 0.568. The van der Waals surface area contributed by atoms with Gasteiger partial charge in [0, 0.05) is 23.2 Å². The zero-order chi connectivity index (χ0) is 14.9. The van der Waals surface area contributed by atoms with Crippen molar-refractivity contribution in [2.75, 3.05) is 6.54 Å². The first-order valence-corrected chi connectivity index (χ1v) is 7.90. The number of Topliss-reactive ketones (excluding diaryl/α,β-unsaturated/α-hetero) is 1. The fraction of sp³-hybridized carbons (Fsp3) is 0.562. The van der Waals surface area contributed by atoms with Crippen LogP contribution in [0.2, 0.25) is 10.0 Å². The molecule has 0 saturated heterocycles. The summed E-state index contributed by atoms with van der Waals surface area (Å²) in [5.74, 6) is 0.630. The molecule has 2 rings (SSSR count). The van der Waals surface area contributed by atoms with E-state index in [1.54, 1.807) is 18.2 Å². The molecule has 1 unspecified atom stereocenters. The summed E-state index contributed by atoms with van der Waals surface area (Å²) in [7, 11) is 0. The van der Waals surface area contributed by atoms with Crippen molar-refractivity contribution in [1.29, 1.82) is 0 Å². The van der Waals surface area contributed by atoms with E-state index in [1.165, 1.54) is 12.8 Å². The largest absolute Gasteiger partial charge is 0.292 e. The first-order valence-electron chi connectivity index (χ1n) is 7.15. The number of hydrogen-bond donors (Lipinski definition) is 0. The van der Waals surface area contributed by atoms with Gasteiger partial charge >= 0.3 is 0 Å². The maximum atomic E-state index is 12.7. The zero-order valence-electron chi connectivity index (χ0n) is 12.2. The first kappa shape index (κ1) is 15.8.